The Balaban J connectivity index is 2.07. The molecule has 6 heteroatoms. The van der Waals surface area contributed by atoms with E-state index in [9.17, 15) is 9.59 Å². The second kappa shape index (κ2) is 6.00. The predicted molar refractivity (Wildman–Crippen MR) is 91.1 cm³/mol. The minimum Gasteiger partial charge on any atom is -0.383 e. The minimum atomic E-state index is -0.539. The Labute approximate surface area is 138 Å². The highest BCUT2D eigenvalue weighted by molar-refractivity contribution is 6.11. The molecule has 120 valence electrons. The van der Waals surface area contributed by atoms with Gasteiger partial charge in [-0.25, -0.2) is 4.68 Å². The molecule has 1 amide bonds. The van der Waals surface area contributed by atoms with Crippen LogP contribution in [0.25, 0.3) is 5.69 Å². The highest BCUT2D eigenvalue weighted by Gasteiger charge is 2.18. The van der Waals surface area contributed by atoms with Crippen molar-refractivity contribution in [1.82, 2.24) is 9.78 Å². The van der Waals surface area contributed by atoms with E-state index >= 15 is 0 Å². The van der Waals surface area contributed by atoms with Crippen molar-refractivity contribution < 1.29 is 9.59 Å². The molecule has 4 N–H and O–H groups in total. The lowest BCUT2D eigenvalue weighted by Gasteiger charge is -2.10. The van der Waals surface area contributed by atoms with Gasteiger partial charge in [0.25, 0.3) is 0 Å². The van der Waals surface area contributed by atoms with Gasteiger partial charge in [0.2, 0.25) is 5.91 Å². The summed E-state index contributed by atoms with van der Waals surface area (Å²) >= 11 is 0. The Morgan fingerprint density at radius 1 is 1.04 bits per heavy atom. The first-order chi connectivity index (χ1) is 11.5. The lowest BCUT2D eigenvalue weighted by molar-refractivity contribution is 0.0998. The topological polar surface area (TPSA) is 104 Å². The van der Waals surface area contributed by atoms with Crippen molar-refractivity contribution in [2.24, 2.45) is 5.73 Å². The molecule has 1 heterocycles. The third-order valence-corrected chi connectivity index (χ3v) is 3.81. The quantitative estimate of drug-likeness (QED) is 0.718. The summed E-state index contributed by atoms with van der Waals surface area (Å²) in [5, 5.41) is 4.21. The summed E-state index contributed by atoms with van der Waals surface area (Å²) in [4.78, 5) is 24.0. The summed E-state index contributed by atoms with van der Waals surface area (Å²) in [5.74, 6) is -0.529. The Morgan fingerprint density at radius 2 is 1.75 bits per heavy atom. The Hall–Kier alpha value is -3.41. The van der Waals surface area contributed by atoms with Gasteiger partial charge in [-0.1, -0.05) is 36.4 Å². The fraction of sp³-hybridized carbons (Fsp3) is 0.0556. The molecule has 0 fully saturated rings. The van der Waals surface area contributed by atoms with Crippen LogP contribution in [-0.2, 0) is 0 Å². The van der Waals surface area contributed by atoms with E-state index in [0.717, 1.165) is 5.56 Å². The normalized spacial score (nSPS) is 10.5. The van der Waals surface area contributed by atoms with E-state index in [2.05, 4.69) is 5.10 Å². The van der Waals surface area contributed by atoms with Gasteiger partial charge in [0.15, 0.2) is 5.78 Å². The fourth-order valence-corrected chi connectivity index (χ4v) is 2.46. The molecule has 0 radical (unpaired) electrons. The highest BCUT2D eigenvalue weighted by Crippen LogP contribution is 2.23. The molecular formula is C18H16N4O2. The van der Waals surface area contributed by atoms with Gasteiger partial charge in [-0.3, -0.25) is 9.59 Å². The van der Waals surface area contributed by atoms with Crippen LogP contribution in [0.2, 0.25) is 0 Å². The summed E-state index contributed by atoms with van der Waals surface area (Å²) in [6.45, 7) is 1.86. The zero-order valence-electron chi connectivity index (χ0n) is 13.1. The number of hydrogen-bond donors (Lipinski definition) is 2. The number of primary amides is 1. The molecule has 1 aromatic heterocycles. The van der Waals surface area contributed by atoms with E-state index in [-0.39, 0.29) is 11.6 Å². The second-order valence-electron chi connectivity index (χ2n) is 5.42. The average molecular weight is 320 g/mol. The van der Waals surface area contributed by atoms with E-state index < -0.39 is 5.91 Å². The van der Waals surface area contributed by atoms with Gasteiger partial charge in [0, 0.05) is 11.1 Å². The van der Waals surface area contributed by atoms with Gasteiger partial charge in [-0.15, -0.1) is 0 Å². The molecule has 0 aliphatic heterocycles. The van der Waals surface area contributed by atoms with Crippen molar-refractivity contribution >= 4 is 17.5 Å². The number of ketones is 1. The van der Waals surface area contributed by atoms with Crippen molar-refractivity contribution in [3.8, 4) is 5.69 Å². The molecule has 0 unspecified atom stereocenters. The van der Waals surface area contributed by atoms with Gasteiger partial charge >= 0.3 is 0 Å². The highest BCUT2D eigenvalue weighted by atomic mass is 16.1. The maximum absolute atomic E-state index is 12.6. The first-order valence-electron chi connectivity index (χ1n) is 7.33. The number of amides is 1. The number of nitrogens with zero attached hydrogens (tertiary/aromatic N) is 2. The van der Waals surface area contributed by atoms with E-state index in [0.29, 0.717) is 22.4 Å². The van der Waals surface area contributed by atoms with E-state index in [1.54, 1.807) is 42.5 Å². The smallest absolute Gasteiger partial charge is 0.248 e. The van der Waals surface area contributed by atoms with Crippen LogP contribution < -0.4 is 11.5 Å². The van der Waals surface area contributed by atoms with Crippen molar-refractivity contribution in [3.63, 3.8) is 0 Å². The molecule has 2 aromatic carbocycles. The number of carbonyl (C=O) groups is 2. The van der Waals surface area contributed by atoms with Crippen molar-refractivity contribution in [2.45, 2.75) is 6.92 Å². The maximum Gasteiger partial charge on any atom is 0.248 e. The molecule has 0 saturated carbocycles. The number of anilines is 1. The first-order valence-corrected chi connectivity index (χ1v) is 7.33. The van der Waals surface area contributed by atoms with Gasteiger partial charge < -0.3 is 11.5 Å². The predicted octanol–water partition coefficient (Wildman–Crippen LogP) is 2.09. The summed E-state index contributed by atoms with van der Waals surface area (Å²) < 4.78 is 1.44. The molecule has 0 spiro atoms. The number of aromatic nitrogens is 2. The average Bonchev–Trinajstić information content (AvgIpc) is 2.96. The molecule has 0 bridgehead atoms. The Bertz CT molecular complexity index is 929. The zero-order valence-corrected chi connectivity index (χ0v) is 13.1. The van der Waals surface area contributed by atoms with Gasteiger partial charge in [-0.05, 0) is 24.6 Å². The number of aryl methyl sites for hydroxylation is 1. The summed E-state index contributed by atoms with van der Waals surface area (Å²) in [7, 11) is 0. The third-order valence-electron chi connectivity index (χ3n) is 3.81. The van der Waals surface area contributed by atoms with E-state index in [1.807, 2.05) is 13.0 Å². The van der Waals surface area contributed by atoms with Crippen LogP contribution in [0.3, 0.4) is 0 Å². The van der Waals surface area contributed by atoms with Crippen LogP contribution in [0.5, 0.6) is 0 Å². The standard InChI is InChI=1S/C18H16N4O2/c1-11-7-8-13(18(20)24)9-15(11)22-17(19)14(10-21-22)16(23)12-5-3-2-4-6-12/h2-10H,19H2,1H3,(H2,20,24). The lowest BCUT2D eigenvalue weighted by Crippen LogP contribution is -2.13. The minimum absolute atomic E-state index is 0.206. The van der Waals surface area contributed by atoms with Crippen molar-refractivity contribution in [1.29, 1.82) is 0 Å². The zero-order chi connectivity index (χ0) is 17.3. The van der Waals surface area contributed by atoms with Gasteiger partial charge in [0.05, 0.1) is 17.4 Å². The largest absolute Gasteiger partial charge is 0.383 e. The maximum atomic E-state index is 12.6. The molecule has 6 nitrogen and oxygen atoms in total. The lowest BCUT2D eigenvalue weighted by atomic mass is 10.1. The number of nitrogens with two attached hydrogens (primary N) is 2. The van der Waals surface area contributed by atoms with E-state index in [4.69, 9.17) is 11.5 Å². The summed E-state index contributed by atoms with van der Waals surface area (Å²) in [6.07, 6.45) is 1.43. The number of rotatable bonds is 4. The van der Waals surface area contributed by atoms with Crippen LogP contribution in [0, 0.1) is 6.92 Å². The Morgan fingerprint density at radius 3 is 2.42 bits per heavy atom. The fourth-order valence-electron chi connectivity index (χ4n) is 2.46. The second-order valence-corrected chi connectivity index (χ2v) is 5.42. The molecule has 0 aliphatic carbocycles. The summed E-state index contributed by atoms with van der Waals surface area (Å²) in [6, 6.07) is 13.9. The van der Waals surface area contributed by atoms with Crippen LogP contribution in [0.4, 0.5) is 5.82 Å². The summed E-state index contributed by atoms with van der Waals surface area (Å²) in [5.41, 5.74) is 14.1. The number of nitrogen functional groups attached to an aromatic ring is 1. The van der Waals surface area contributed by atoms with Crippen LogP contribution >= 0.6 is 0 Å². The number of hydrogen-bond acceptors (Lipinski definition) is 4. The molecule has 3 aromatic rings. The molecule has 0 saturated heterocycles. The Kier molecular flexibility index (Phi) is 3.87. The van der Waals surface area contributed by atoms with Gasteiger partial charge in [0.1, 0.15) is 5.82 Å². The monoisotopic (exact) mass is 320 g/mol. The number of benzene rings is 2. The van der Waals surface area contributed by atoms with Crippen LogP contribution in [0.15, 0.2) is 54.7 Å². The SMILES string of the molecule is Cc1ccc(C(N)=O)cc1-n1ncc(C(=O)c2ccccc2)c1N. The van der Waals surface area contributed by atoms with Crippen molar-refractivity contribution in [2.75, 3.05) is 5.73 Å². The van der Waals surface area contributed by atoms with Crippen molar-refractivity contribution in [3.05, 3.63) is 77.0 Å². The first kappa shape index (κ1) is 15.5. The van der Waals surface area contributed by atoms with E-state index in [1.165, 1.54) is 10.9 Å². The molecule has 0 aliphatic rings. The molecule has 0 atom stereocenters. The molecular weight excluding hydrogens is 304 g/mol. The van der Waals surface area contributed by atoms with Crippen LogP contribution in [-0.4, -0.2) is 21.5 Å². The molecule has 3 rings (SSSR count). The van der Waals surface area contributed by atoms with Gasteiger partial charge in [-0.2, -0.15) is 5.10 Å². The molecule has 24 heavy (non-hydrogen) atoms. The number of carbonyl (C=O) groups excluding carboxylic acids is 2. The third kappa shape index (κ3) is 2.65. The van der Waals surface area contributed by atoms with Crippen LogP contribution in [0.1, 0.15) is 31.8 Å².